The monoisotopic (exact) mass is 295 g/mol. The molecule has 0 aliphatic heterocycles. The Balaban J connectivity index is 2.61. The summed E-state index contributed by atoms with van der Waals surface area (Å²) in [4.78, 5) is 14.7. The average Bonchev–Trinajstić information content (AvgIpc) is 2.79. The molecule has 0 aromatic carbocycles. The Kier molecular flexibility index (Phi) is 3.11. The Hall–Kier alpha value is -2.26. The van der Waals surface area contributed by atoms with Gasteiger partial charge in [-0.1, -0.05) is 0 Å². The van der Waals surface area contributed by atoms with Gasteiger partial charge in [-0.05, 0) is 6.07 Å². The number of aromatic nitrogens is 3. The third-order valence-corrected chi connectivity index (χ3v) is 2.51. The van der Waals surface area contributed by atoms with E-state index in [1.807, 2.05) is 0 Å². The summed E-state index contributed by atoms with van der Waals surface area (Å²) in [6.07, 6.45) is -5.40. The van der Waals surface area contributed by atoms with Crippen LogP contribution < -0.4 is 0 Å². The largest absolute Gasteiger partial charge is 0.464 e. The summed E-state index contributed by atoms with van der Waals surface area (Å²) in [6.45, 7) is 0. The maximum atomic E-state index is 13.2. The van der Waals surface area contributed by atoms with E-state index in [-0.39, 0.29) is 11.0 Å². The number of hydrogen-bond acceptors (Lipinski definition) is 4. The maximum Gasteiger partial charge on any atom is 0.458 e. The van der Waals surface area contributed by atoms with Crippen molar-refractivity contribution in [3.05, 3.63) is 23.5 Å². The van der Waals surface area contributed by atoms with Crippen LogP contribution in [0.2, 0.25) is 0 Å². The summed E-state index contributed by atoms with van der Waals surface area (Å²) in [6, 6.07) is 0.506. The van der Waals surface area contributed by atoms with Crippen LogP contribution in [0.5, 0.6) is 0 Å². The van der Waals surface area contributed by atoms with Crippen LogP contribution in [-0.2, 0) is 10.7 Å². The van der Waals surface area contributed by atoms with Crippen LogP contribution in [-0.4, -0.2) is 34.4 Å². The Morgan fingerprint density at radius 3 is 2.50 bits per heavy atom. The van der Waals surface area contributed by atoms with Gasteiger partial charge in [-0.3, -0.25) is 5.10 Å². The second-order valence-corrected chi connectivity index (χ2v) is 3.76. The quantitative estimate of drug-likeness (QED) is 0.682. The van der Waals surface area contributed by atoms with E-state index in [1.54, 1.807) is 0 Å². The number of halogens is 5. The highest BCUT2D eigenvalue weighted by atomic mass is 19.4. The van der Waals surface area contributed by atoms with Crippen LogP contribution in [0.15, 0.2) is 12.3 Å². The van der Waals surface area contributed by atoms with Crippen molar-refractivity contribution in [1.29, 1.82) is 0 Å². The molecule has 2 aromatic rings. The topological polar surface area (TPSA) is 67.9 Å². The van der Waals surface area contributed by atoms with Crippen LogP contribution in [0.1, 0.15) is 16.1 Å². The molecule has 20 heavy (non-hydrogen) atoms. The van der Waals surface area contributed by atoms with Crippen molar-refractivity contribution in [2.24, 2.45) is 0 Å². The summed E-state index contributed by atoms with van der Waals surface area (Å²) in [7, 11) is 1.02. The van der Waals surface area contributed by atoms with Gasteiger partial charge in [0.1, 0.15) is 0 Å². The normalized spacial score (nSPS) is 12.7. The van der Waals surface area contributed by atoms with Gasteiger partial charge in [0.05, 0.1) is 12.5 Å². The highest BCUT2D eigenvalue weighted by Gasteiger charge is 2.59. The smallest absolute Gasteiger partial charge is 0.458 e. The SMILES string of the molecule is COC(=O)c1n[nH]c2ncc(C(F)(F)C(F)(F)F)cc12. The molecule has 0 bridgehead atoms. The highest BCUT2D eigenvalue weighted by molar-refractivity contribution is 6.00. The van der Waals surface area contributed by atoms with Crippen molar-refractivity contribution in [2.45, 2.75) is 12.1 Å². The van der Waals surface area contributed by atoms with Crippen molar-refractivity contribution in [2.75, 3.05) is 7.11 Å². The van der Waals surface area contributed by atoms with Gasteiger partial charge >= 0.3 is 18.1 Å². The standard InChI is InChI=1S/C10H6F5N3O2/c1-20-8(19)6-5-2-4(3-16-7(5)18-17-6)9(11,12)10(13,14)15/h2-3H,1H3,(H,16,17,18). The summed E-state index contributed by atoms with van der Waals surface area (Å²) in [5, 5.41) is 5.42. The molecule has 0 radical (unpaired) electrons. The number of methoxy groups -OCH3 is 1. The molecule has 0 spiro atoms. The number of pyridine rings is 1. The van der Waals surface area contributed by atoms with Gasteiger partial charge in [-0.25, -0.2) is 9.78 Å². The summed E-state index contributed by atoms with van der Waals surface area (Å²) < 4.78 is 67.6. The van der Waals surface area contributed by atoms with Crippen LogP contribution in [0.25, 0.3) is 11.0 Å². The molecule has 0 atom stereocenters. The first kappa shape index (κ1) is 14.2. The van der Waals surface area contributed by atoms with E-state index in [1.165, 1.54) is 0 Å². The first-order valence-electron chi connectivity index (χ1n) is 5.06. The molecule has 5 nitrogen and oxygen atoms in total. The van der Waals surface area contributed by atoms with Crippen molar-refractivity contribution < 1.29 is 31.5 Å². The number of ether oxygens (including phenoxy) is 1. The molecule has 1 N–H and O–H groups in total. The lowest BCUT2D eigenvalue weighted by molar-refractivity contribution is -0.289. The number of carbonyl (C=O) groups excluding carboxylic acids is 1. The van der Waals surface area contributed by atoms with Gasteiger partial charge in [-0.2, -0.15) is 27.1 Å². The first-order valence-corrected chi connectivity index (χ1v) is 5.06. The number of hydrogen-bond donors (Lipinski definition) is 1. The van der Waals surface area contributed by atoms with Gasteiger partial charge in [0.2, 0.25) is 0 Å². The Bertz CT molecular complexity index is 664. The van der Waals surface area contributed by atoms with E-state index < -0.39 is 29.3 Å². The molecule has 0 saturated carbocycles. The molecule has 2 heterocycles. The predicted octanol–water partition coefficient (Wildman–Crippen LogP) is 2.40. The molecule has 0 aliphatic rings. The van der Waals surface area contributed by atoms with Crippen LogP contribution in [0.3, 0.4) is 0 Å². The number of alkyl halides is 5. The van der Waals surface area contributed by atoms with E-state index in [2.05, 4.69) is 19.9 Å². The van der Waals surface area contributed by atoms with E-state index >= 15 is 0 Å². The number of aromatic amines is 1. The minimum Gasteiger partial charge on any atom is -0.464 e. The number of esters is 1. The number of nitrogens with one attached hydrogen (secondary N) is 1. The zero-order valence-corrected chi connectivity index (χ0v) is 9.76. The summed E-state index contributed by atoms with van der Waals surface area (Å²) >= 11 is 0. The van der Waals surface area contributed by atoms with Gasteiger partial charge in [0, 0.05) is 11.8 Å². The molecule has 0 aliphatic carbocycles. The average molecular weight is 295 g/mol. The van der Waals surface area contributed by atoms with Crippen molar-refractivity contribution in [3.8, 4) is 0 Å². The minimum absolute atomic E-state index is 0.105. The fourth-order valence-corrected chi connectivity index (χ4v) is 1.49. The lowest BCUT2D eigenvalue weighted by Crippen LogP contribution is -2.33. The van der Waals surface area contributed by atoms with E-state index in [0.717, 1.165) is 7.11 Å². The number of H-pyrrole nitrogens is 1. The molecule has 108 valence electrons. The van der Waals surface area contributed by atoms with Crippen molar-refractivity contribution in [1.82, 2.24) is 15.2 Å². The maximum absolute atomic E-state index is 13.2. The van der Waals surface area contributed by atoms with Gasteiger partial charge in [-0.15, -0.1) is 0 Å². The number of nitrogens with zero attached hydrogens (tertiary/aromatic N) is 2. The molecular weight excluding hydrogens is 289 g/mol. The van der Waals surface area contributed by atoms with Gasteiger partial charge in [0.15, 0.2) is 11.3 Å². The zero-order chi connectivity index (χ0) is 15.1. The lowest BCUT2D eigenvalue weighted by Gasteiger charge is -2.19. The van der Waals surface area contributed by atoms with Gasteiger partial charge < -0.3 is 4.74 Å². The second kappa shape index (κ2) is 4.39. The lowest BCUT2D eigenvalue weighted by atomic mass is 10.1. The Morgan fingerprint density at radius 2 is 1.95 bits per heavy atom. The fourth-order valence-electron chi connectivity index (χ4n) is 1.49. The van der Waals surface area contributed by atoms with Crippen molar-refractivity contribution in [3.63, 3.8) is 0 Å². The van der Waals surface area contributed by atoms with E-state index in [4.69, 9.17) is 0 Å². The van der Waals surface area contributed by atoms with E-state index in [0.29, 0.717) is 12.3 Å². The zero-order valence-electron chi connectivity index (χ0n) is 9.76. The summed E-state index contributed by atoms with van der Waals surface area (Å²) in [5.74, 6) is -6.07. The Labute approximate surface area is 107 Å². The third-order valence-electron chi connectivity index (χ3n) is 2.51. The predicted molar refractivity (Wildman–Crippen MR) is 55.2 cm³/mol. The highest BCUT2D eigenvalue weighted by Crippen LogP contribution is 2.44. The third kappa shape index (κ3) is 2.06. The van der Waals surface area contributed by atoms with Gasteiger partial charge in [0.25, 0.3) is 0 Å². The number of fused-ring (bicyclic) bond motifs is 1. The van der Waals surface area contributed by atoms with E-state index in [9.17, 15) is 26.7 Å². The van der Waals surface area contributed by atoms with Crippen LogP contribution in [0.4, 0.5) is 22.0 Å². The molecule has 2 aromatic heterocycles. The first-order chi connectivity index (χ1) is 9.18. The van der Waals surface area contributed by atoms with Crippen molar-refractivity contribution >= 4 is 17.0 Å². The summed E-state index contributed by atoms with van der Waals surface area (Å²) in [5.41, 5.74) is -1.91. The number of rotatable bonds is 2. The second-order valence-electron chi connectivity index (χ2n) is 3.76. The van der Waals surface area contributed by atoms with Crippen LogP contribution in [0, 0.1) is 0 Å². The van der Waals surface area contributed by atoms with Crippen LogP contribution >= 0.6 is 0 Å². The number of carbonyl (C=O) groups is 1. The molecular formula is C10H6F5N3O2. The fraction of sp³-hybridized carbons (Fsp3) is 0.300. The minimum atomic E-state index is -5.77. The molecule has 0 fully saturated rings. The molecule has 10 heteroatoms. The molecule has 0 unspecified atom stereocenters. The molecule has 2 rings (SSSR count). The Morgan fingerprint density at radius 1 is 1.30 bits per heavy atom. The molecule has 0 amide bonds. The molecule has 0 saturated heterocycles.